The van der Waals surface area contributed by atoms with Crippen LogP contribution in [-0.4, -0.2) is 11.8 Å². The molecular weight excluding hydrogens is 219 g/mol. The molecule has 1 aliphatic heterocycles. The number of carbonyl (C=O) groups is 2. The van der Waals surface area contributed by atoms with E-state index < -0.39 is 0 Å². The molecule has 1 aliphatic rings. The van der Waals surface area contributed by atoms with Gasteiger partial charge in [0.15, 0.2) is 0 Å². The third-order valence-corrected chi connectivity index (χ3v) is 2.43. The maximum Gasteiger partial charge on any atom is 0.255 e. The third kappa shape index (κ3) is 1.94. The van der Waals surface area contributed by atoms with Crippen LogP contribution in [-0.2, 0) is 9.59 Å². The van der Waals surface area contributed by atoms with Crippen LogP contribution in [0.25, 0.3) is 0 Å². The van der Waals surface area contributed by atoms with Crippen molar-refractivity contribution >= 4 is 29.6 Å². The lowest BCUT2D eigenvalue weighted by atomic mass is 10.3. The molecule has 1 fully saturated rings. The number of hydrogen-bond acceptors (Lipinski definition) is 3. The first-order chi connectivity index (χ1) is 7.20. The Kier molecular flexibility index (Phi) is 2.59. The van der Waals surface area contributed by atoms with E-state index in [-0.39, 0.29) is 30.4 Å². The zero-order chi connectivity index (χ0) is 10.8. The monoisotopic (exact) mass is 226 g/mol. The fourth-order valence-corrected chi connectivity index (χ4v) is 1.54. The topological polar surface area (TPSA) is 49.4 Å². The summed E-state index contributed by atoms with van der Waals surface area (Å²) in [6, 6.07) is 6.23. The first kappa shape index (κ1) is 9.97. The number of hydrazine groups is 1. The molecule has 1 heterocycles. The number of carbonyl (C=O) groups excluding carboxylic acids is 2. The highest BCUT2D eigenvalue weighted by Crippen LogP contribution is 2.23. The van der Waals surface area contributed by atoms with E-state index in [0.717, 1.165) is 5.01 Å². The zero-order valence-corrected chi connectivity index (χ0v) is 8.38. The summed E-state index contributed by atoms with van der Waals surface area (Å²) in [6.07, 6.45) is -0.139. The Bertz CT molecular complexity index is 407. The number of benzene rings is 1. The van der Waals surface area contributed by atoms with Crippen LogP contribution in [0.2, 0.25) is 0 Å². The van der Waals surface area contributed by atoms with Crippen LogP contribution < -0.4 is 10.4 Å². The summed E-state index contributed by atoms with van der Waals surface area (Å²) in [5.74, 6) is -0.635. The standard InChI is InChI=1S/C9H7FN2O2S/c10-15-7-3-1-6(2-4-7)12-9(14)5-8(13)11-12/h1-4H,5H2,(H,11,13). The first-order valence-corrected chi connectivity index (χ1v) is 4.93. The van der Waals surface area contributed by atoms with E-state index in [1.54, 1.807) is 12.1 Å². The molecule has 1 N–H and O–H groups in total. The van der Waals surface area contributed by atoms with Gasteiger partial charge in [0.25, 0.3) is 5.91 Å². The Morgan fingerprint density at radius 3 is 2.40 bits per heavy atom. The van der Waals surface area contributed by atoms with E-state index in [0.29, 0.717) is 10.6 Å². The molecule has 4 nitrogen and oxygen atoms in total. The minimum Gasteiger partial charge on any atom is -0.273 e. The van der Waals surface area contributed by atoms with Gasteiger partial charge in [-0.25, -0.2) is 5.01 Å². The Balaban J connectivity index is 2.22. The molecule has 0 radical (unpaired) electrons. The molecule has 0 spiro atoms. The van der Waals surface area contributed by atoms with E-state index in [4.69, 9.17) is 0 Å². The molecule has 2 amide bonds. The van der Waals surface area contributed by atoms with Crippen molar-refractivity contribution in [3.8, 4) is 0 Å². The molecule has 0 atom stereocenters. The molecule has 0 saturated carbocycles. The minimum absolute atomic E-state index is 0.131. The van der Waals surface area contributed by atoms with Gasteiger partial charge in [0.05, 0.1) is 17.8 Å². The van der Waals surface area contributed by atoms with Gasteiger partial charge in [-0.1, -0.05) is 0 Å². The van der Waals surface area contributed by atoms with Crippen molar-refractivity contribution in [3.63, 3.8) is 0 Å². The normalized spacial score (nSPS) is 15.7. The van der Waals surface area contributed by atoms with Gasteiger partial charge in [0.1, 0.15) is 6.42 Å². The summed E-state index contributed by atoms with van der Waals surface area (Å²) in [7, 11) is 0. The second-order valence-corrected chi connectivity index (χ2v) is 3.64. The van der Waals surface area contributed by atoms with E-state index in [1.807, 2.05) is 0 Å². The molecule has 0 unspecified atom stereocenters. The quantitative estimate of drug-likeness (QED) is 0.776. The molecule has 0 aliphatic carbocycles. The Hall–Kier alpha value is -1.56. The second kappa shape index (κ2) is 3.90. The van der Waals surface area contributed by atoms with Crippen molar-refractivity contribution in [1.29, 1.82) is 0 Å². The number of nitrogens with zero attached hydrogens (tertiary/aromatic N) is 1. The average Bonchev–Trinajstić information content (AvgIpc) is 2.58. The Labute approximate surface area is 89.7 Å². The number of amides is 2. The van der Waals surface area contributed by atoms with Gasteiger partial charge >= 0.3 is 0 Å². The van der Waals surface area contributed by atoms with Gasteiger partial charge in [-0.3, -0.25) is 15.0 Å². The van der Waals surface area contributed by atoms with Gasteiger partial charge in [-0.05, 0) is 24.3 Å². The van der Waals surface area contributed by atoms with Crippen LogP contribution in [0, 0.1) is 0 Å². The van der Waals surface area contributed by atoms with Crippen molar-refractivity contribution in [1.82, 2.24) is 5.43 Å². The fraction of sp³-hybridized carbons (Fsp3) is 0.111. The summed E-state index contributed by atoms with van der Waals surface area (Å²) in [5, 5.41) is 1.16. The Morgan fingerprint density at radius 1 is 1.27 bits per heavy atom. The molecule has 1 saturated heterocycles. The highest BCUT2D eigenvalue weighted by Gasteiger charge is 2.27. The zero-order valence-electron chi connectivity index (χ0n) is 7.57. The highest BCUT2D eigenvalue weighted by molar-refractivity contribution is 7.94. The van der Waals surface area contributed by atoms with Crippen molar-refractivity contribution in [2.45, 2.75) is 11.3 Å². The van der Waals surface area contributed by atoms with Crippen LogP contribution >= 0.6 is 12.1 Å². The highest BCUT2D eigenvalue weighted by atomic mass is 32.2. The third-order valence-electron chi connectivity index (χ3n) is 1.98. The van der Waals surface area contributed by atoms with Gasteiger partial charge in [0.2, 0.25) is 5.91 Å². The van der Waals surface area contributed by atoms with Crippen LogP contribution in [0.1, 0.15) is 6.42 Å². The van der Waals surface area contributed by atoms with Gasteiger partial charge in [-0.15, -0.1) is 0 Å². The van der Waals surface area contributed by atoms with Crippen LogP contribution in [0.15, 0.2) is 29.2 Å². The first-order valence-electron chi connectivity index (χ1n) is 4.22. The van der Waals surface area contributed by atoms with E-state index in [1.165, 1.54) is 12.1 Å². The van der Waals surface area contributed by atoms with Crippen molar-refractivity contribution in [2.24, 2.45) is 0 Å². The molecule has 78 valence electrons. The summed E-state index contributed by atoms with van der Waals surface area (Å²) < 4.78 is 12.1. The average molecular weight is 226 g/mol. The number of halogens is 1. The van der Waals surface area contributed by atoms with E-state index in [9.17, 15) is 13.5 Å². The maximum atomic E-state index is 12.1. The molecule has 15 heavy (non-hydrogen) atoms. The molecule has 0 aromatic heterocycles. The molecule has 0 bridgehead atoms. The summed E-state index contributed by atoms with van der Waals surface area (Å²) in [5.41, 5.74) is 2.93. The van der Waals surface area contributed by atoms with E-state index >= 15 is 0 Å². The van der Waals surface area contributed by atoms with Gasteiger partial charge < -0.3 is 0 Å². The fourth-order valence-electron chi connectivity index (χ4n) is 1.30. The largest absolute Gasteiger partial charge is 0.273 e. The molecule has 2 rings (SSSR count). The number of anilines is 1. The lowest BCUT2D eigenvalue weighted by Crippen LogP contribution is -2.35. The van der Waals surface area contributed by atoms with Crippen LogP contribution in [0.5, 0.6) is 0 Å². The molecule has 6 heteroatoms. The molecule has 1 aromatic carbocycles. The number of rotatable bonds is 2. The SMILES string of the molecule is O=C1CC(=O)N(c2ccc(SF)cc2)N1. The predicted octanol–water partition coefficient (Wildman–Crippen LogP) is 1.43. The predicted molar refractivity (Wildman–Crippen MR) is 53.7 cm³/mol. The molecule has 1 aromatic rings. The smallest absolute Gasteiger partial charge is 0.255 e. The maximum absolute atomic E-state index is 12.1. The van der Waals surface area contributed by atoms with Crippen LogP contribution in [0.4, 0.5) is 9.57 Å². The van der Waals surface area contributed by atoms with Crippen molar-refractivity contribution in [3.05, 3.63) is 24.3 Å². The van der Waals surface area contributed by atoms with Gasteiger partial charge in [-0.2, -0.15) is 3.89 Å². The summed E-state index contributed by atoms with van der Waals surface area (Å²) in [4.78, 5) is 22.7. The van der Waals surface area contributed by atoms with E-state index in [2.05, 4.69) is 5.43 Å². The lowest BCUT2D eigenvalue weighted by molar-refractivity contribution is -0.122. The number of nitrogens with one attached hydrogen (secondary N) is 1. The van der Waals surface area contributed by atoms with Gasteiger partial charge in [0, 0.05) is 4.90 Å². The summed E-state index contributed by atoms with van der Waals surface area (Å²) in [6.45, 7) is 0. The van der Waals surface area contributed by atoms with Crippen molar-refractivity contribution in [2.75, 3.05) is 5.01 Å². The van der Waals surface area contributed by atoms with Crippen molar-refractivity contribution < 1.29 is 13.5 Å². The minimum atomic E-state index is -0.330. The summed E-state index contributed by atoms with van der Waals surface area (Å²) >= 11 is 0.131. The number of hydrogen-bond donors (Lipinski definition) is 1. The Morgan fingerprint density at radius 2 is 1.93 bits per heavy atom. The second-order valence-electron chi connectivity index (χ2n) is 3.01. The van der Waals surface area contributed by atoms with Crippen LogP contribution in [0.3, 0.4) is 0 Å². The lowest BCUT2D eigenvalue weighted by Gasteiger charge is -2.14. The molecular formula is C9H7FN2O2S.